The van der Waals surface area contributed by atoms with Crippen LogP contribution in [0.5, 0.6) is 11.5 Å². The van der Waals surface area contributed by atoms with Crippen LogP contribution in [0.4, 0.5) is 5.69 Å². The van der Waals surface area contributed by atoms with Crippen LogP contribution in [0.3, 0.4) is 0 Å². The second-order valence-electron chi connectivity index (χ2n) is 4.66. The van der Waals surface area contributed by atoms with E-state index in [1.165, 1.54) is 5.56 Å². The Kier molecular flexibility index (Phi) is 3.95. The van der Waals surface area contributed by atoms with Crippen molar-refractivity contribution in [1.82, 2.24) is 0 Å². The van der Waals surface area contributed by atoms with Gasteiger partial charge < -0.3 is 15.2 Å². The maximum Gasteiger partial charge on any atom is 0.121 e. The van der Waals surface area contributed by atoms with E-state index in [0.29, 0.717) is 0 Å². The average molecular weight is 257 g/mol. The van der Waals surface area contributed by atoms with Crippen molar-refractivity contribution in [3.63, 3.8) is 0 Å². The van der Waals surface area contributed by atoms with Gasteiger partial charge in [-0.15, -0.1) is 0 Å². The van der Waals surface area contributed by atoms with Gasteiger partial charge in [0.1, 0.15) is 11.5 Å². The first kappa shape index (κ1) is 13.3. The minimum absolute atomic E-state index is 0.00287. The third kappa shape index (κ3) is 3.19. The number of rotatable bonds is 4. The molecule has 0 heterocycles. The van der Waals surface area contributed by atoms with E-state index in [1.807, 2.05) is 25.1 Å². The van der Waals surface area contributed by atoms with Gasteiger partial charge in [0.25, 0.3) is 0 Å². The van der Waals surface area contributed by atoms with Crippen molar-refractivity contribution in [1.29, 1.82) is 0 Å². The van der Waals surface area contributed by atoms with E-state index in [4.69, 9.17) is 4.74 Å². The van der Waals surface area contributed by atoms with Crippen LogP contribution in [0, 0.1) is 6.92 Å². The molecule has 0 fully saturated rings. The first-order chi connectivity index (χ1) is 9.10. The monoisotopic (exact) mass is 257 g/mol. The van der Waals surface area contributed by atoms with Crippen LogP contribution >= 0.6 is 0 Å². The van der Waals surface area contributed by atoms with Gasteiger partial charge in [-0.05, 0) is 49.7 Å². The van der Waals surface area contributed by atoms with E-state index in [-0.39, 0.29) is 11.8 Å². The SMILES string of the molecule is COc1ccc(O)c(C(C)Nc2cccc(C)c2)c1. The van der Waals surface area contributed by atoms with Crippen LogP contribution < -0.4 is 10.1 Å². The van der Waals surface area contributed by atoms with Crippen LogP contribution in [0.1, 0.15) is 24.1 Å². The van der Waals surface area contributed by atoms with Crippen LogP contribution in [0.15, 0.2) is 42.5 Å². The molecule has 0 spiro atoms. The van der Waals surface area contributed by atoms with Gasteiger partial charge >= 0.3 is 0 Å². The third-order valence-electron chi connectivity index (χ3n) is 3.10. The predicted molar refractivity (Wildman–Crippen MR) is 77.9 cm³/mol. The summed E-state index contributed by atoms with van der Waals surface area (Å²) in [7, 11) is 1.62. The molecule has 1 atom stereocenters. The molecule has 2 aromatic rings. The molecule has 0 aliphatic carbocycles. The summed E-state index contributed by atoms with van der Waals surface area (Å²) in [5.41, 5.74) is 3.06. The Hall–Kier alpha value is -2.16. The number of phenols is 1. The van der Waals surface area contributed by atoms with Gasteiger partial charge in [0, 0.05) is 11.3 Å². The predicted octanol–water partition coefficient (Wildman–Crippen LogP) is 3.88. The summed E-state index contributed by atoms with van der Waals surface area (Å²) >= 11 is 0. The van der Waals surface area contributed by atoms with E-state index in [2.05, 4.69) is 24.4 Å². The number of aryl methyl sites for hydroxylation is 1. The molecule has 2 rings (SSSR count). The van der Waals surface area contributed by atoms with Gasteiger partial charge in [-0.3, -0.25) is 0 Å². The van der Waals surface area contributed by atoms with E-state index >= 15 is 0 Å². The van der Waals surface area contributed by atoms with Gasteiger partial charge in [0.05, 0.1) is 13.2 Å². The average Bonchev–Trinajstić information content (AvgIpc) is 2.39. The fourth-order valence-corrected chi connectivity index (χ4v) is 2.07. The first-order valence-corrected chi connectivity index (χ1v) is 6.30. The van der Waals surface area contributed by atoms with E-state index in [0.717, 1.165) is 17.0 Å². The molecule has 0 radical (unpaired) electrons. The lowest BCUT2D eigenvalue weighted by atomic mass is 10.1. The van der Waals surface area contributed by atoms with Gasteiger partial charge in [-0.2, -0.15) is 0 Å². The summed E-state index contributed by atoms with van der Waals surface area (Å²) in [5.74, 6) is 1.01. The van der Waals surface area contributed by atoms with Gasteiger partial charge in [0.15, 0.2) is 0 Å². The number of methoxy groups -OCH3 is 1. The molecule has 1 unspecified atom stereocenters. The minimum atomic E-state index is -0.00287. The molecular formula is C16H19NO2. The summed E-state index contributed by atoms with van der Waals surface area (Å²) in [5, 5.41) is 13.3. The summed E-state index contributed by atoms with van der Waals surface area (Å²) < 4.78 is 5.19. The number of aromatic hydroxyl groups is 1. The van der Waals surface area contributed by atoms with Crippen LogP contribution in [0.25, 0.3) is 0 Å². The van der Waals surface area contributed by atoms with Crippen molar-refractivity contribution >= 4 is 5.69 Å². The number of nitrogens with one attached hydrogen (secondary N) is 1. The topological polar surface area (TPSA) is 41.5 Å². The Morgan fingerprint density at radius 3 is 2.63 bits per heavy atom. The second kappa shape index (κ2) is 5.65. The fourth-order valence-electron chi connectivity index (χ4n) is 2.07. The van der Waals surface area contributed by atoms with Crippen molar-refractivity contribution in [3.05, 3.63) is 53.6 Å². The molecule has 0 aliphatic heterocycles. The minimum Gasteiger partial charge on any atom is -0.508 e. The molecule has 2 aromatic carbocycles. The lowest BCUT2D eigenvalue weighted by molar-refractivity contribution is 0.410. The van der Waals surface area contributed by atoms with Gasteiger partial charge in [0.2, 0.25) is 0 Å². The maximum atomic E-state index is 9.94. The highest BCUT2D eigenvalue weighted by atomic mass is 16.5. The molecular weight excluding hydrogens is 238 g/mol. The number of ether oxygens (including phenoxy) is 1. The summed E-state index contributed by atoms with van der Waals surface area (Å²) in [4.78, 5) is 0. The highest BCUT2D eigenvalue weighted by molar-refractivity contribution is 5.50. The summed E-state index contributed by atoms with van der Waals surface area (Å²) in [6.45, 7) is 4.07. The van der Waals surface area contributed by atoms with Crippen molar-refractivity contribution in [3.8, 4) is 11.5 Å². The van der Waals surface area contributed by atoms with Crippen molar-refractivity contribution in [2.24, 2.45) is 0 Å². The first-order valence-electron chi connectivity index (χ1n) is 6.30. The van der Waals surface area contributed by atoms with Crippen molar-refractivity contribution in [2.45, 2.75) is 19.9 Å². The van der Waals surface area contributed by atoms with Crippen LogP contribution in [-0.2, 0) is 0 Å². The molecule has 19 heavy (non-hydrogen) atoms. The number of benzene rings is 2. The number of anilines is 1. The Bertz CT molecular complexity index is 566. The zero-order chi connectivity index (χ0) is 13.8. The van der Waals surface area contributed by atoms with Gasteiger partial charge in [-0.1, -0.05) is 12.1 Å². The largest absolute Gasteiger partial charge is 0.508 e. The summed E-state index contributed by atoms with van der Waals surface area (Å²) in [6.07, 6.45) is 0. The van der Waals surface area contributed by atoms with Crippen LogP contribution in [0.2, 0.25) is 0 Å². The highest BCUT2D eigenvalue weighted by Gasteiger charge is 2.11. The molecule has 3 nitrogen and oxygen atoms in total. The van der Waals surface area contributed by atoms with Gasteiger partial charge in [-0.25, -0.2) is 0 Å². The third-order valence-corrected chi connectivity index (χ3v) is 3.10. The zero-order valence-corrected chi connectivity index (χ0v) is 11.5. The smallest absolute Gasteiger partial charge is 0.121 e. The van der Waals surface area contributed by atoms with E-state index in [1.54, 1.807) is 19.2 Å². The van der Waals surface area contributed by atoms with Crippen molar-refractivity contribution in [2.75, 3.05) is 12.4 Å². The Morgan fingerprint density at radius 1 is 1.16 bits per heavy atom. The molecule has 0 saturated carbocycles. The lowest BCUT2D eigenvalue weighted by Crippen LogP contribution is -2.07. The van der Waals surface area contributed by atoms with Crippen molar-refractivity contribution < 1.29 is 9.84 Å². The summed E-state index contributed by atoms with van der Waals surface area (Å²) in [6, 6.07) is 13.4. The van der Waals surface area contributed by atoms with E-state index in [9.17, 15) is 5.11 Å². The second-order valence-corrected chi connectivity index (χ2v) is 4.66. The molecule has 0 bridgehead atoms. The lowest BCUT2D eigenvalue weighted by Gasteiger charge is -2.18. The maximum absolute atomic E-state index is 9.94. The highest BCUT2D eigenvalue weighted by Crippen LogP contribution is 2.30. The molecule has 0 saturated heterocycles. The quantitative estimate of drug-likeness (QED) is 0.873. The zero-order valence-electron chi connectivity index (χ0n) is 11.5. The molecule has 100 valence electrons. The van der Waals surface area contributed by atoms with Crippen LogP contribution in [-0.4, -0.2) is 12.2 Å². The number of hydrogen-bond acceptors (Lipinski definition) is 3. The normalized spacial score (nSPS) is 11.9. The number of phenolic OH excluding ortho intramolecular Hbond substituents is 1. The molecule has 0 aromatic heterocycles. The standard InChI is InChI=1S/C16H19NO2/c1-11-5-4-6-13(9-11)17-12(2)15-10-14(19-3)7-8-16(15)18/h4-10,12,17-18H,1-3H3. The molecule has 2 N–H and O–H groups in total. The Labute approximate surface area is 113 Å². The number of hydrogen-bond donors (Lipinski definition) is 2. The Morgan fingerprint density at radius 2 is 1.95 bits per heavy atom. The molecule has 3 heteroatoms. The molecule has 0 amide bonds. The fraction of sp³-hybridized carbons (Fsp3) is 0.250. The Balaban J connectivity index is 2.22. The molecule has 0 aliphatic rings. The van der Waals surface area contributed by atoms with E-state index < -0.39 is 0 Å².